The molecule has 1 fully saturated rings. The number of likely N-dealkylation sites (tertiary alicyclic amines) is 1. The number of anilines is 1. The summed E-state index contributed by atoms with van der Waals surface area (Å²) in [5.41, 5.74) is 4.36. The molecule has 11 heteroatoms. The number of hydrogen-bond donors (Lipinski definition) is 2. The molecule has 0 spiro atoms. The van der Waals surface area contributed by atoms with Crippen LogP contribution in [0.1, 0.15) is 67.8 Å². The van der Waals surface area contributed by atoms with Gasteiger partial charge in [0.05, 0.1) is 53.3 Å². The molecule has 2 N–H and O–H groups in total. The normalized spacial score (nSPS) is 16.6. The third kappa shape index (κ3) is 7.00. The molecule has 48 heavy (non-hydrogen) atoms. The quantitative estimate of drug-likeness (QED) is 0.245. The molecule has 3 aromatic carbocycles. The first-order valence-electron chi connectivity index (χ1n) is 16.3. The molecule has 1 aliphatic heterocycles. The molecule has 11 nitrogen and oxygen atoms in total. The minimum absolute atomic E-state index is 0.0573. The molecule has 2 unspecified atom stereocenters. The van der Waals surface area contributed by atoms with Gasteiger partial charge in [-0.3, -0.25) is 14.4 Å². The minimum Gasteiger partial charge on any atom is -0.497 e. The number of ether oxygens (including phenoxy) is 5. The van der Waals surface area contributed by atoms with Crippen molar-refractivity contribution in [3.8, 4) is 39.9 Å². The number of methoxy groups -OCH3 is 5. The van der Waals surface area contributed by atoms with E-state index in [4.69, 9.17) is 23.7 Å². The average molecular weight is 660 g/mol. The number of nitrogens with one attached hydrogen (secondary N) is 2. The second-order valence-corrected chi connectivity index (χ2v) is 12.0. The van der Waals surface area contributed by atoms with E-state index in [0.29, 0.717) is 78.8 Å². The highest BCUT2D eigenvalue weighted by atomic mass is 16.5. The van der Waals surface area contributed by atoms with Crippen LogP contribution in [0.5, 0.6) is 28.7 Å². The smallest absolute Gasteiger partial charge is 0.223 e. The van der Waals surface area contributed by atoms with E-state index in [9.17, 15) is 14.4 Å². The van der Waals surface area contributed by atoms with Gasteiger partial charge in [0.1, 0.15) is 11.5 Å². The number of hydrogen-bond acceptors (Lipinski definition) is 9. The molecule has 256 valence electrons. The van der Waals surface area contributed by atoms with Crippen LogP contribution in [0.15, 0.2) is 47.3 Å². The number of amides is 2. The van der Waals surface area contributed by atoms with Crippen molar-refractivity contribution in [3.63, 3.8) is 0 Å². The van der Waals surface area contributed by atoms with Gasteiger partial charge in [-0.25, -0.2) is 0 Å². The van der Waals surface area contributed by atoms with Crippen molar-refractivity contribution in [2.45, 2.75) is 57.5 Å². The Kier molecular flexibility index (Phi) is 11.0. The number of carbonyl (C=O) groups is 2. The van der Waals surface area contributed by atoms with Crippen LogP contribution in [0.3, 0.4) is 0 Å². The first kappa shape index (κ1) is 34.4. The van der Waals surface area contributed by atoms with E-state index in [1.807, 2.05) is 35.2 Å². The number of fused-ring (bicyclic) bond motifs is 3. The Hall–Kier alpha value is -4.93. The van der Waals surface area contributed by atoms with Gasteiger partial charge in [-0.05, 0) is 79.1 Å². The summed E-state index contributed by atoms with van der Waals surface area (Å²) >= 11 is 0. The van der Waals surface area contributed by atoms with E-state index in [0.717, 1.165) is 35.1 Å². The maximum Gasteiger partial charge on any atom is 0.223 e. The zero-order valence-corrected chi connectivity index (χ0v) is 28.6. The lowest BCUT2D eigenvalue weighted by molar-refractivity contribution is -0.132. The summed E-state index contributed by atoms with van der Waals surface area (Å²) in [6.07, 6.45) is 3.85. The summed E-state index contributed by atoms with van der Waals surface area (Å²) < 4.78 is 28.1. The lowest BCUT2D eigenvalue weighted by atomic mass is 9.95. The van der Waals surface area contributed by atoms with Crippen LogP contribution in [-0.2, 0) is 16.0 Å². The Labute approximate surface area is 281 Å². The van der Waals surface area contributed by atoms with Crippen molar-refractivity contribution in [1.29, 1.82) is 0 Å². The number of carbonyl (C=O) groups excluding carboxylic acids is 2. The molecule has 3 aromatic rings. The fraction of sp³-hybridized carbons (Fsp3) is 0.432. The lowest BCUT2D eigenvalue weighted by Gasteiger charge is -2.26. The molecule has 0 aromatic heterocycles. The van der Waals surface area contributed by atoms with Gasteiger partial charge in [-0.2, -0.15) is 0 Å². The van der Waals surface area contributed by atoms with Crippen molar-refractivity contribution in [2.75, 3.05) is 54.0 Å². The fourth-order valence-electron chi connectivity index (χ4n) is 6.94. The Morgan fingerprint density at radius 2 is 1.62 bits per heavy atom. The highest BCUT2D eigenvalue weighted by Crippen LogP contribution is 2.50. The third-order valence-electron chi connectivity index (χ3n) is 9.17. The lowest BCUT2D eigenvalue weighted by Crippen LogP contribution is -2.31. The summed E-state index contributed by atoms with van der Waals surface area (Å²) in [5.74, 6) is 2.77. The van der Waals surface area contributed by atoms with Gasteiger partial charge < -0.3 is 39.2 Å². The van der Waals surface area contributed by atoms with E-state index >= 15 is 0 Å². The van der Waals surface area contributed by atoms with E-state index in [2.05, 4.69) is 10.6 Å². The van der Waals surface area contributed by atoms with Crippen LogP contribution < -0.4 is 39.7 Å². The van der Waals surface area contributed by atoms with Crippen LogP contribution in [0.25, 0.3) is 11.1 Å². The number of aryl methyl sites for hydroxylation is 1. The summed E-state index contributed by atoms with van der Waals surface area (Å²) in [5, 5.41) is 6.29. The van der Waals surface area contributed by atoms with Crippen molar-refractivity contribution >= 4 is 17.5 Å². The predicted molar refractivity (Wildman–Crippen MR) is 184 cm³/mol. The van der Waals surface area contributed by atoms with Crippen LogP contribution in [0, 0.1) is 0 Å². The third-order valence-corrected chi connectivity index (χ3v) is 9.17. The molecule has 0 bridgehead atoms. The van der Waals surface area contributed by atoms with Crippen molar-refractivity contribution in [3.05, 3.63) is 69.4 Å². The number of rotatable bonds is 12. The van der Waals surface area contributed by atoms with Crippen LogP contribution in [0.4, 0.5) is 5.69 Å². The van der Waals surface area contributed by atoms with Crippen LogP contribution in [-0.4, -0.2) is 65.4 Å². The fourth-order valence-corrected chi connectivity index (χ4v) is 6.94. The molecule has 2 amide bonds. The molecule has 2 aliphatic rings. The van der Waals surface area contributed by atoms with Crippen molar-refractivity contribution in [2.24, 2.45) is 0 Å². The molecule has 2 atom stereocenters. The molecular formula is C37H45N3O8. The van der Waals surface area contributed by atoms with E-state index < -0.39 is 6.04 Å². The molecule has 1 aliphatic carbocycles. The first-order chi connectivity index (χ1) is 23.2. The standard InChI is InChI=1S/C37H45N3O8/c1-22(41)39-28-15-11-23-19-33(46-4)36(47-5)37(48-6)35(23)25-14-16-29(31(42)21-27(25)28)38-17-7-10-34(43)40-18-8-9-30(40)26-13-12-24(44-2)20-32(26)45-3/h12-14,16,19-21,28,30H,7-11,15,17-18H2,1-6H3,(H,38,42)(H,39,41). The number of nitrogens with zero attached hydrogens (tertiary/aromatic N) is 1. The zero-order chi connectivity index (χ0) is 34.4. The average Bonchev–Trinajstić information content (AvgIpc) is 3.47. The van der Waals surface area contributed by atoms with Gasteiger partial charge in [0.2, 0.25) is 23.0 Å². The predicted octanol–water partition coefficient (Wildman–Crippen LogP) is 5.44. The van der Waals surface area contributed by atoms with Gasteiger partial charge in [0, 0.05) is 43.6 Å². The number of benzene rings is 2. The van der Waals surface area contributed by atoms with Gasteiger partial charge in [-0.15, -0.1) is 0 Å². The summed E-state index contributed by atoms with van der Waals surface area (Å²) in [4.78, 5) is 41.2. The van der Waals surface area contributed by atoms with E-state index in [1.54, 1.807) is 47.7 Å². The molecule has 0 saturated carbocycles. The molecule has 1 heterocycles. The first-order valence-corrected chi connectivity index (χ1v) is 16.3. The largest absolute Gasteiger partial charge is 0.497 e. The topological polar surface area (TPSA) is 125 Å². The van der Waals surface area contributed by atoms with Gasteiger partial charge in [-0.1, -0.05) is 6.07 Å². The maximum absolute atomic E-state index is 13.6. The molecule has 1 saturated heterocycles. The SMILES string of the molecule is COc1ccc(C2CCCN2C(=O)CCCNc2ccc3c(cc2=O)C(NC(C)=O)CCc2cc(OC)c(OC)c(OC)c2-3)c(OC)c1. The van der Waals surface area contributed by atoms with Crippen molar-refractivity contribution < 1.29 is 33.3 Å². The Bertz CT molecular complexity index is 1730. The Balaban J connectivity index is 1.37. The second kappa shape index (κ2) is 15.3. The van der Waals surface area contributed by atoms with Crippen LogP contribution in [0.2, 0.25) is 0 Å². The highest BCUT2D eigenvalue weighted by molar-refractivity contribution is 5.84. The molecule has 0 radical (unpaired) electrons. The molecular weight excluding hydrogens is 614 g/mol. The maximum atomic E-state index is 13.6. The molecule has 5 rings (SSSR count). The van der Waals surface area contributed by atoms with E-state index in [-0.39, 0.29) is 23.3 Å². The van der Waals surface area contributed by atoms with Crippen LogP contribution >= 0.6 is 0 Å². The van der Waals surface area contributed by atoms with Gasteiger partial charge in [0.15, 0.2) is 11.5 Å². The van der Waals surface area contributed by atoms with Gasteiger partial charge >= 0.3 is 0 Å². The summed E-state index contributed by atoms with van der Waals surface area (Å²) in [6.45, 7) is 2.59. The highest BCUT2D eigenvalue weighted by Gasteiger charge is 2.32. The van der Waals surface area contributed by atoms with Gasteiger partial charge in [0.25, 0.3) is 0 Å². The summed E-state index contributed by atoms with van der Waals surface area (Å²) in [7, 11) is 7.94. The zero-order valence-electron chi connectivity index (χ0n) is 28.6. The minimum atomic E-state index is -0.394. The Morgan fingerprint density at radius 3 is 2.31 bits per heavy atom. The van der Waals surface area contributed by atoms with Crippen molar-refractivity contribution in [1.82, 2.24) is 10.2 Å². The second-order valence-electron chi connectivity index (χ2n) is 12.0. The summed E-state index contributed by atoms with van der Waals surface area (Å²) in [6, 6.07) is 12.4. The van der Waals surface area contributed by atoms with E-state index in [1.165, 1.54) is 6.92 Å². The monoisotopic (exact) mass is 659 g/mol. The Morgan fingerprint density at radius 1 is 0.854 bits per heavy atom.